The van der Waals surface area contributed by atoms with Gasteiger partial charge in [0.1, 0.15) is 18.2 Å². The number of hydrogen-bond acceptors (Lipinski definition) is 7. The van der Waals surface area contributed by atoms with Crippen molar-refractivity contribution in [3.05, 3.63) is 81.8 Å². The summed E-state index contributed by atoms with van der Waals surface area (Å²) in [7, 11) is -1.74. The molecule has 0 spiro atoms. The van der Waals surface area contributed by atoms with Gasteiger partial charge < -0.3 is 9.47 Å². The number of thiol groups is 1. The summed E-state index contributed by atoms with van der Waals surface area (Å²) in [5, 5.41) is 3.72. The second kappa shape index (κ2) is 11.4. The third kappa shape index (κ3) is 6.85. The number of aryl methyl sites for hydroxylation is 1. The van der Waals surface area contributed by atoms with Gasteiger partial charge in [-0.25, -0.2) is 4.98 Å². The number of benzene rings is 1. The molecule has 1 aromatic carbocycles. The highest BCUT2D eigenvalue weighted by molar-refractivity contribution is 8.47. The molecule has 1 saturated carbocycles. The number of nitrogens with zero attached hydrogens (tertiary/aromatic N) is 4. The summed E-state index contributed by atoms with van der Waals surface area (Å²) in [5.41, 5.74) is 3.64. The Hall–Kier alpha value is -3.27. The Bertz CT molecular complexity index is 1780. The molecule has 0 atom stereocenters. The standard InChI is InChI=1S/C33H40N4O3S2/c1-42(2,3,4)17-15-39-22-37-32(29-18-25-11-16-41-30(25)21-35-29)36-31-27(24-7-8-24)19-26(20-28(31)33(37)38)40-14-5-6-23-9-12-34-13-10-23/h9-13,16,18-21,24,42H,5-8,14-15,17,22H2,1-4H3. The molecule has 9 heteroatoms. The summed E-state index contributed by atoms with van der Waals surface area (Å²) in [4.78, 5) is 28.2. The van der Waals surface area contributed by atoms with Gasteiger partial charge >= 0.3 is 0 Å². The number of fused-ring (bicyclic) bond motifs is 2. The third-order valence-electron chi connectivity index (χ3n) is 7.63. The first-order valence-corrected chi connectivity index (χ1v) is 19.7. The normalized spacial score (nSPS) is 14.7. The molecular weight excluding hydrogens is 565 g/mol. The number of hydrogen-bond donors (Lipinski definition) is 1. The fourth-order valence-corrected chi connectivity index (χ4v) is 6.62. The first-order valence-electron chi connectivity index (χ1n) is 14.6. The van der Waals surface area contributed by atoms with Crippen molar-refractivity contribution in [2.45, 2.75) is 38.3 Å². The topological polar surface area (TPSA) is 79.1 Å². The highest BCUT2D eigenvalue weighted by Gasteiger charge is 2.29. The van der Waals surface area contributed by atoms with E-state index in [-0.39, 0.29) is 12.3 Å². The van der Waals surface area contributed by atoms with Gasteiger partial charge in [-0.3, -0.25) is 28.5 Å². The summed E-state index contributed by atoms with van der Waals surface area (Å²) in [6.45, 7) is 1.29. The SMILES string of the molecule is C[SH](C)(C)(C)CCOCn1c(-c2cc3ccsc3cn2)nc2c(C3CC3)cc(OCCCc3ccncc3)cc2c1=O. The Morgan fingerprint density at radius 2 is 1.86 bits per heavy atom. The van der Waals surface area contributed by atoms with E-state index in [1.54, 1.807) is 15.9 Å². The van der Waals surface area contributed by atoms with E-state index in [4.69, 9.17) is 19.4 Å². The molecule has 1 aliphatic carbocycles. The molecule has 0 unspecified atom stereocenters. The van der Waals surface area contributed by atoms with Gasteiger partial charge in [0.05, 0.1) is 28.8 Å². The lowest BCUT2D eigenvalue weighted by Crippen LogP contribution is -2.27. The molecule has 222 valence electrons. The lowest BCUT2D eigenvalue weighted by atomic mass is 10.1. The molecule has 1 aliphatic rings. The molecule has 6 rings (SSSR count). The highest BCUT2D eigenvalue weighted by Crippen LogP contribution is 2.54. The van der Waals surface area contributed by atoms with Gasteiger partial charge in [-0.15, -0.1) is 11.3 Å². The minimum Gasteiger partial charge on any atom is -0.494 e. The largest absolute Gasteiger partial charge is 0.494 e. The molecule has 5 aromatic rings. The smallest absolute Gasteiger partial charge is 0.263 e. The van der Waals surface area contributed by atoms with E-state index in [0.29, 0.717) is 36.0 Å². The average molecular weight is 605 g/mol. The van der Waals surface area contributed by atoms with Crippen molar-refractivity contribution in [1.82, 2.24) is 19.5 Å². The number of aromatic nitrogens is 4. The molecule has 0 N–H and O–H groups in total. The van der Waals surface area contributed by atoms with E-state index in [9.17, 15) is 4.79 Å². The fourth-order valence-electron chi connectivity index (χ4n) is 5.02. The number of thiophene rings is 1. The molecule has 0 aliphatic heterocycles. The highest BCUT2D eigenvalue weighted by atomic mass is 32.3. The molecule has 1 fully saturated rings. The average Bonchev–Trinajstić information content (AvgIpc) is 3.70. The molecule has 0 bridgehead atoms. The predicted octanol–water partition coefficient (Wildman–Crippen LogP) is 6.52. The summed E-state index contributed by atoms with van der Waals surface area (Å²) >= 11 is 1.65. The van der Waals surface area contributed by atoms with Gasteiger partial charge in [0.2, 0.25) is 0 Å². The van der Waals surface area contributed by atoms with E-state index in [0.717, 1.165) is 58.4 Å². The van der Waals surface area contributed by atoms with Crippen LogP contribution in [0.5, 0.6) is 5.75 Å². The molecule has 4 aromatic heterocycles. The fraction of sp³-hybridized carbons (Fsp3) is 0.394. The lowest BCUT2D eigenvalue weighted by molar-refractivity contribution is 0.0879. The second-order valence-corrected chi connectivity index (χ2v) is 22.7. The van der Waals surface area contributed by atoms with Crippen molar-refractivity contribution in [2.24, 2.45) is 0 Å². The summed E-state index contributed by atoms with van der Waals surface area (Å²) < 4.78 is 15.1. The number of ether oxygens (including phenoxy) is 2. The minimum atomic E-state index is -1.74. The monoisotopic (exact) mass is 604 g/mol. The maximum absolute atomic E-state index is 14.2. The van der Waals surface area contributed by atoms with Crippen molar-refractivity contribution in [3.8, 4) is 17.3 Å². The maximum Gasteiger partial charge on any atom is 0.263 e. The van der Waals surface area contributed by atoms with Crippen molar-refractivity contribution < 1.29 is 9.47 Å². The molecular formula is C33H40N4O3S2. The Labute approximate surface area is 251 Å². The van der Waals surface area contributed by atoms with Gasteiger partial charge in [0.15, 0.2) is 5.82 Å². The van der Waals surface area contributed by atoms with E-state index in [2.05, 4.69) is 47.5 Å². The van der Waals surface area contributed by atoms with Crippen LogP contribution in [-0.4, -0.2) is 63.5 Å². The first-order chi connectivity index (χ1) is 20.1. The number of pyridine rings is 2. The van der Waals surface area contributed by atoms with Crippen LogP contribution < -0.4 is 10.3 Å². The summed E-state index contributed by atoms with van der Waals surface area (Å²) in [5.74, 6) is 2.65. The van der Waals surface area contributed by atoms with Crippen LogP contribution in [0.3, 0.4) is 0 Å². The summed E-state index contributed by atoms with van der Waals surface area (Å²) in [6.07, 6.45) is 18.8. The second-order valence-electron chi connectivity index (χ2n) is 13.4. The Morgan fingerprint density at radius 3 is 2.62 bits per heavy atom. The van der Waals surface area contributed by atoms with Crippen LogP contribution in [-0.2, 0) is 17.9 Å². The van der Waals surface area contributed by atoms with Crippen LogP contribution in [0.4, 0.5) is 0 Å². The summed E-state index contributed by atoms with van der Waals surface area (Å²) in [6, 6.07) is 12.1. The molecule has 0 amide bonds. The van der Waals surface area contributed by atoms with Gasteiger partial charge in [-0.2, -0.15) is 0 Å². The van der Waals surface area contributed by atoms with Crippen LogP contribution in [0.15, 0.2) is 65.2 Å². The molecule has 4 heterocycles. The third-order valence-corrected chi connectivity index (χ3v) is 10.5. The van der Waals surface area contributed by atoms with Gasteiger partial charge in [-0.05, 0) is 121 Å². The first kappa shape index (κ1) is 28.8. The zero-order valence-electron chi connectivity index (χ0n) is 24.9. The Balaban J connectivity index is 1.35. The zero-order valence-corrected chi connectivity index (χ0v) is 26.6. The molecule has 0 radical (unpaired) electrons. The Kier molecular flexibility index (Phi) is 7.85. The van der Waals surface area contributed by atoms with Crippen LogP contribution in [0, 0.1) is 0 Å². The molecule has 42 heavy (non-hydrogen) atoms. The Morgan fingerprint density at radius 1 is 1.05 bits per heavy atom. The lowest BCUT2D eigenvalue weighted by Gasteiger charge is -2.46. The molecule has 0 saturated heterocycles. The predicted molar refractivity (Wildman–Crippen MR) is 178 cm³/mol. The van der Waals surface area contributed by atoms with Gasteiger partial charge in [0, 0.05) is 18.6 Å². The van der Waals surface area contributed by atoms with E-state index in [1.807, 2.05) is 42.9 Å². The van der Waals surface area contributed by atoms with Crippen molar-refractivity contribution in [1.29, 1.82) is 0 Å². The van der Waals surface area contributed by atoms with Crippen LogP contribution >= 0.6 is 20.5 Å². The van der Waals surface area contributed by atoms with Crippen molar-refractivity contribution in [2.75, 3.05) is 44.0 Å². The van der Waals surface area contributed by atoms with Crippen LogP contribution in [0.2, 0.25) is 0 Å². The van der Waals surface area contributed by atoms with Gasteiger partial charge in [-0.1, -0.05) is 0 Å². The van der Waals surface area contributed by atoms with Crippen molar-refractivity contribution in [3.63, 3.8) is 0 Å². The molecule has 7 nitrogen and oxygen atoms in total. The minimum absolute atomic E-state index is 0.121. The zero-order chi connectivity index (χ0) is 29.3. The van der Waals surface area contributed by atoms with Crippen LogP contribution in [0.25, 0.3) is 32.5 Å². The van der Waals surface area contributed by atoms with Crippen LogP contribution in [0.1, 0.15) is 36.3 Å². The maximum atomic E-state index is 14.2. The van der Waals surface area contributed by atoms with E-state index in [1.165, 1.54) is 5.56 Å². The van der Waals surface area contributed by atoms with E-state index < -0.39 is 9.16 Å². The quantitative estimate of drug-likeness (QED) is 0.129. The number of rotatable bonds is 12. The van der Waals surface area contributed by atoms with Crippen molar-refractivity contribution >= 4 is 41.5 Å². The van der Waals surface area contributed by atoms with E-state index >= 15 is 0 Å². The van der Waals surface area contributed by atoms with Gasteiger partial charge in [0.25, 0.3) is 5.56 Å².